The highest BCUT2D eigenvalue weighted by Gasteiger charge is 2.42. The van der Waals surface area contributed by atoms with E-state index in [0.717, 1.165) is 19.3 Å². The lowest BCUT2D eigenvalue weighted by Gasteiger charge is -2.00. The predicted molar refractivity (Wildman–Crippen MR) is 32.6 cm³/mol. The van der Waals surface area contributed by atoms with Crippen LogP contribution in [0.1, 0.15) is 33.1 Å². The zero-order chi connectivity index (χ0) is 6.20. The van der Waals surface area contributed by atoms with Gasteiger partial charge in [0.25, 0.3) is 0 Å². The maximum absolute atomic E-state index is 10.9. The fraction of sp³-hybridized carbons (Fsp3) is 0.857. The van der Waals surface area contributed by atoms with E-state index < -0.39 is 0 Å². The van der Waals surface area contributed by atoms with Crippen LogP contribution in [0.4, 0.5) is 0 Å². The van der Waals surface area contributed by atoms with Crippen LogP contribution < -0.4 is 0 Å². The number of hydrogen-bond donors (Lipinski definition) is 0. The van der Waals surface area contributed by atoms with Gasteiger partial charge in [0.1, 0.15) is 5.78 Å². The molecule has 0 heterocycles. The standard InChI is InChI=1S/C7H12O/c1-3-6(8)7(2)4-5-7/h3-5H2,1-2H3. The molecule has 0 radical (unpaired) electrons. The van der Waals surface area contributed by atoms with E-state index in [0.29, 0.717) is 5.78 Å². The molecule has 0 aromatic rings. The maximum atomic E-state index is 10.9. The Hall–Kier alpha value is -0.330. The van der Waals surface area contributed by atoms with Gasteiger partial charge >= 0.3 is 0 Å². The minimum absolute atomic E-state index is 0.120. The first-order chi connectivity index (χ1) is 3.69. The van der Waals surface area contributed by atoms with Crippen LogP contribution in [-0.2, 0) is 4.79 Å². The maximum Gasteiger partial charge on any atom is 0.138 e. The average molecular weight is 112 g/mol. The Bertz CT molecular complexity index is 112. The zero-order valence-corrected chi connectivity index (χ0v) is 5.53. The molecule has 46 valence electrons. The molecule has 0 aromatic carbocycles. The normalized spacial score (nSPS) is 22.8. The molecule has 0 N–H and O–H groups in total. The van der Waals surface area contributed by atoms with Gasteiger partial charge in [-0.1, -0.05) is 13.8 Å². The monoisotopic (exact) mass is 112 g/mol. The summed E-state index contributed by atoms with van der Waals surface area (Å²) < 4.78 is 0. The fourth-order valence-corrected chi connectivity index (χ4v) is 0.893. The van der Waals surface area contributed by atoms with Crippen LogP contribution in [0.3, 0.4) is 0 Å². The summed E-state index contributed by atoms with van der Waals surface area (Å²) in [4.78, 5) is 10.9. The molecule has 0 aliphatic heterocycles. The van der Waals surface area contributed by atoms with Crippen molar-refractivity contribution in [2.75, 3.05) is 0 Å². The largest absolute Gasteiger partial charge is 0.299 e. The minimum Gasteiger partial charge on any atom is -0.299 e. The Morgan fingerprint density at radius 2 is 2.12 bits per heavy atom. The minimum atomic E-state index is 0.120. The van der Waals surface area contributed by atoms with Crippen molar-refractivity contribution in [1.82, 2.24) is 0 Å². The van der Waals surface area contributed by atoms with E-state index in [-0.39, 0.29) is 5.41 Å². The second kappa shape index (κ2) is 1.57. The summed E-state index contributed by atoms with van der Waals surface area (Å²) in [5, 5.41) is 0. The first-order valence-electron chi connectivity index (χ1n) is 3.22. The van der Waals surface area contributed by atoms with Crippen LogP contribution in [0.25, 0.3) is 0 Å². The Morgan fingerprint density at radius 1 is 1.62 bits per heavy atom. The van der Waals surface area contributed by atoms with Crippen molar-refractivity contribution >= 4 is 5.78 Å². The van der Waals surface area contributed by atoms with E-state index >= 15 is 0 Å². The highest BCUT2D eigenvalue weighted by atomic mass is 16.1. The number of ketones is 1. The third-order valence-corrected chi connectivity index (χ3v) is 1.99. The van der Waals surface area contributed by atoms with E-state index in [2.05, 4.69) is 6.92 Å². The van der Waals surface area contributed by atoms with Crippen LogP contribution in [0.5, 0.6) is 0 Å². The van der Waals surface area contributed by atoms with Crippen LogP contribution in [0.2, 0.25) is 0 Å². The van der Waals surface area contributed by atoms with E-state index in [4.69, 9.17) is 0 Å². The van der Waals surface area contributed by atoms with Crippen LogP contribution in [0, 0.1) is 5.41 Å². The number of rotatable bonds is 2. The molecule has 1 fully saturated rings. The van der Waals surface area contributed by atoms with Crippen molar-refractivity contribution in [1.29, 1.82) is 0 Å². The molecule has 1 saturated carbocycles. The Balaban J connectivity index is 2.46. The molecule has 0 aromatic heterocycles. The second-order valence-corrected chi connectivity index (χ2v) is 2.84. The van der Waals surface area contributed by atoms with Crippen molar-refractivity contribution in [3.8, 4) is 0 Å². The van der Waals surface area contributed by atoms with Crippen molar-refractivity contribution in [3.63, 3.8) is 0 Å². The predicted octanol–water partition coefficient (Wildman–Crippen LogP) is 1.77. The molecule has 1 aliphatic rings. The van der Waals surface area contributed by atoms with Gasteiger partial charge in [0.2, 0.25) is 0 Å². The van der Waals surface area contributed by atoms with Gasteiger partial charge in [-0.15, -0.1) is 0 Å². The molecular weight excluding hydrogens is 100 g/mol. The summed E-state index contributed by atoms with van der Waals surface area (Å²) in [6.07, 6.45) is 2.97. The third kappa shape index (κ3) is 0.770. The first kappa shape index (κ1) is 5.80. The van der Waals surface area contributed by atoms with E-state index in [1.54, 1.807) is 0 Å². The van der Waals surface area contributed by atoms with E-state index in [9.17, 15) is 4.79 Å². The third-order valence-electron chi connectivity index (χ3n) is 1.99. The van der Waals surface area contributed by atoms with Gasteiger partial charge in [-0.2, -0.15) is 0 Å². The Labute approximate surface area is 50.1 Å². The highest BCUT2D eigenvalue weighted by molar-refractivity contribution is 5.86. The van der Waals surface area contributed by atoms with Crippen molar-refractivity contribution in [2.45, 2.75) is 33.1 Å². The molecule has 1 rings (SSSR count). The summed E-state index contributed by atoms with van der Waals surface area (Å²) in [6.45, 7) is 3.99. The van der Waals surface area contributed by atoms with E-state index in [1.165, 1.54) is 0 Å². The molecule has 8 heavy (non-hydrogen) atoms. The number of hydrogen-bond acceptors (Lipinski definition) is 1. The molecule has 0 bridgehead atoms. The average Bonchev–Trinajstić information content (AvgIpc) is 2.47. The second-order valence-electron chi connectivity index (χ2n) is 2.84. The van der Waals surface area contributed by atoms with Gasteiger partial charge in [0.15, 0.2) is 0 Å². The lowest BCUT2D eigenvalue weighted by molar-refractivity contribution is -0.123. The Kier molecular flexibility index (Phi) is 1.14. The first-order valence-corrected chi connectivity index (χ1v) is 3.22. The fourth-order valence-electron chi connectivity index (χ4n) is 0.893. The molecule has 0 unspecified atom stereocenters. The summed E-state index contributed by atoms with van der Waals surface area (Å²) >= 11 is 0. The molecule has 0 spiro atoms. The van der Waals surface area contributed by atoms with Crippen LogP contribution in [-0.4, -0.2) is 5.78 Å². The van der Waals surface area contributed by atoms with Gasteiger partial charge in [0, 0.05) is 11.8 Å². The SMILES string of the molecule is CCC(=O)C1(C)CC1. The lowest BCUT2D eigenvalue weighted by atomic mass is 10.0. The topological polar surface area (TPSA) is 17.1 Å². The summed E-state index contributed by atoms with van der Waals surface area (Å²) in [7, 11) is 0. The smallest absolute Gasteiger partial charge is 0.138 e. The summed E-state index contributed by atoms with van der Waals surface area (Å²) in [5.74, 6) is 0.442. The summed E-state index contributed by atoms with van der Waals surface area (Å²) in [5.41, 5.74) is 0.120. The zero-order valence-electron chi connectivity index (χ0n) is 5.53. The molecular formula is C7H12O. The van der Waals surface area contributed by atoms with Gasteiger partial charge in [-0.25, -0.2) is 0 Å². The molecule has 0 saturated heterocycles. The highest BCUT2D eigenvalue weighted by Crippen LogP contribution is 2.46. The lowest BCUT2D eigenvalue weighted by Crippen LogP contribution is -2.08. The quantitative estimate of drug-likeness (QED) is 0.532. The molecule has 0 atom stereocenters. The van der Waals surface area contributed by atoms with Crippen LogP contribution >= 0.6 is 0 Å². The Morgan fingerprint density at radius 3 is 2.25 bits per heavy atom. The van der Waals surface area contributed by atoms with Gasteiger partial charge in [-0.3, -0.25) is 4.79 Å². The van der Waals surface area contributed by atoms with E-state index in [1.807, 2.05) is 6.92 Å². The van der Waals surface area contributed by atoms with Crippen molar-refractivity contribution in [2.24, 2.45) is 5.41 Å². The molecule has 1 aliphatic carbocycles. The number of carbonyl (C=O) groups excluding carboxylic acids is 1. The molecule has 1 nitrogen and oxygen atoms in total. The number of Topliss-reactive ketones (excluding diaryl/α,β-unsaturated/α-hetero) is 1. The van der Waals surface area contributed by atoms with Gasteiger partial charge in [-0.05, 0) is 12.8 Å². The number of carbonyl (C=O) groups is 1. The van der Waals surface area contributed by atoms with Crippen molar-refractivity contribution < 1.29 is 4.79 Å². The molecule has 0 amide bonds. The summed E-state index contributed by atoms with van der Waals surface area (Å²) in [6, 6.07) is 0. The van der Waals surface area contributed by atoms with Gasteiger partial charge < -0.3 is 0 Å². The molecule has 1 heteroatoms. The van der Waals surface area contributed by atoms with Gasteiger partial charge in [0.05, 0.1) is 0 Å². The van der Waals surface area contributed by atoms with Crippen LogP contribution in [0.15, 0.2) is 0 Å². The van der Waals surface area contributed by atoms with Crippen molar-refractivity contribution in [3.05, 3.63) is 0 Å².